The molecule has 0 radical (unpaired) electrons. The molecular formula is C14H9Cl2N3O. The lowest BCUT2D eigenvalue weighted by molar-refractivity contribution is 0.0983. The first-order chi connectivity index (χ1) is 9.56. The number of rotatable bonds is 1. The van der Waals surface area contributed by atoms with E-state index in [0.717, 1.165) is 0 Å². The van der Waals surface area contributed by atoms with E-state index in [2.05, 4.69) is 10.3 Å². The largest absolute Gasteiger partial charge is 0.399 e. The Morgan fingerprint density at radius 3 is 2.20 bits per heavy atom. The SMILES string of the molecule is Nc1ccc(N=C2NC(=O)c3c(Cl)ccc(Cl)c32)cc1. The molecule has 100 valence electrons. The van der Waals surface area contributed by atoms with Crippen LogP contribution in [0.15, 0.2) is 41.4 Å². The molecule has 3 N–H and O–H groups in total. The number of carbonyl (C=O) groups is 1. The molecule has 2 aromatic rings. The molecule has 0 atom stereocenters. The Balaban J connectivity index is 2.14. The molecule has 0 spiro atoms. The van der Waals surface area contributed by atoms with Gasteiger partial charge in [-0.1, -0.05) is 23.2 Å². The standard InChI is InChI=1S/C14H9Cl2N3O/c15-9-5-6-10(16)12-11(9)13(19-14(12)20)18-8-3-1-7(17)2-4-8/h1-6H,17H2,(H,18,19,20). The number of nitrogens with zero attached hydrogens (tertiary/aromatic N) is 1. The summed E-state index contributed by atoms with van der Waals surface area (Å²) in [5, 5.41) is 3.45. The van der Waals surface area contributed by atoms with Crippen LogP contribution in [0.5, 0.6) is 0 Å². The lowest BCUT2D eigenvalue weighted by Crippen LogP contribution is -2.21. The molecule has 0 unspecified atom stereocenters. The van der Waals surface area contributed by atoms with Gasteiger partial charge in [0.1, 0.15) is 5.84 Å². The normalized spacial score (nSPS) is 15.3. The maximum atomic E-state index is 11.9. The van der Waals surface area contributed by atoms with E-state index in [0.29, 0.717) is 38.4 Å². The van der Waals surface area contributed by atoms with Crippen LogP contribution in [0.2, 0.25) is 10.0 Å². The summed E-state index contributed by atoms with van der Waals surface area (Å²) in [5.74, 6) is 0.0870. The fourth-order valence-electron chi connectivity index (χ4n) is 2.00. The Labute approximate surface area is 125 Å². The number of amides is 1. The van der Waals surface area contributed by atoms with Gasteiger partial charge in [-0.2, -0.15) is 0 Å². The minimum absolute atomic E-state index is 0.304. The second-order valence-corrected chi connectivity index (χ2v) is 5.10. The number of hydrogen-bond acceptors (Lipinski definition) is 3. The van der Waals surface area contributed by atoms with Crippen LogP contribution in [0, 0.1) is 0 Å². The molecule has 0 bridgehead atoms. The van der Waals surface area contributed by atoms with Crippen molar-refractivity contribution in [1.29, 1.82) is 0 Å². The number of carbonyl (C=O) groups excluding carboxylic acids is 1. The van der Waals surface area contributed by atoms with Gasteiger partial charge in [0.15, 0.2) is 0 Å². The van der Waals surface area contributed by atoms with Crippen LogP contribution in [0.25, 0.3) is 0 Å². The number of nitrogen functional groups attached to an aromatic ring is 1. The Morgan fingerprint density at radius 2 is 1.55 bits per heavy atom. The van der Waals surface area contributed by atoms with Crippen molar-refractivity contribution >= 4 is 46.3 Å². The summed E-state index contributed by atoms with van der Waals surface area (Å²) in [5.41, 5.74) is 7.81. The summed E-state index contributed by atoms with van der Waals surface area (Å²) in [6, 6.07) is 10.2. The summed E-state index contributed by atoms with van der Waals surface area (Å²) >= 11 is 12.2. The van der Waals surface area contributed by atoms with Gasteiger partial charge in [0.05, 0.1) is 26.9 Å². The number of benzene rings is 2. The van der Waals surface area contributed by atoms with Crippen LogP contribution in [-0.4, -0.2) is 11.7 Å². The van der Waals surface area contributed by atoms with Crippen molar-refractivity contribution < 1.29 is 4.79 Å². The molecule has 4 nitrogen and oxygen atoms in total. The van der Waals surface area contributed by atoms with Crippen molar-refractivity contribution in [1.82, 2.24) is 5.32 Å². The fourth-order valence-corrected chi connectivity index (χ4v) is 2.49. The van der Waals surface area contributed by atoms with Gasteiger partial charge in [-0.15, -0.1) is 0 Å². The number of hydrogen-bond donors (Lipinski definition) is 2. The third-order valence-corrected chi connectivity index (χ3v) is 3.56. The summed E-state index contributed by atoms with van der Waals surface area (Å²) in [6.45, 7) is 0. The van der Waals surface area contributed by atoms with E-state index < -0.39 is 0 Å². The molecule has 20 heavy (non-hydrogen) atoms. The first kappa shape index (κ1) is 13.0. The van der Waals surface area contributed by atoms with Gasteiger partial charge in [0, 0.05) is 5.69 Å². The van der Waals surface area contributed by atoms with Crippen LogP contribution in [0.4, 0.5) is 11.4 Å². The second-order valence-electron chi connectivity index (χ2n) is 4.29. The number of halogens is 2. The van der Waals surface area contributed by atoms with E-state index >= 15 is 0 Å². The zero-order chi connectivity index (χ0) is 14.3. The third kappa shape index (κ3) is 2.13. The average molecular weight is 306 g/mol. The number of anilines is 1. The highest BCUT2D eigenvalue weighted by Crippen LogP contribution is 2.31. The first-order valence-corrected chi connectivity index (χ1v) is 6.56. The third-order valence-electron chi connectivity index (χ3n) is 2.93. The number of fused-ring (bicyclic) bond motifs is 1. The number of amidine groups is 1. The van der Waals surface area contributed by atoms with Crippen LogP contribution >= 0.6 is 23.2 Å². The van der Waals surface area contributed by atoms with Gasteiger partial charge in [0.25, 0.3) is 5.91 Å². The van der Waals surface area contributed by atoms with E-state index in [1.54, 1.807) is 36.4 Å². The molecule has 0 aromatic heterocycles. The molecule has 1 heterocycles. The zero-order valence-electron chi connectivity index (χ0n) is 10.2. The maximum Gasteiger partial charge on any atom is 0.259 e. The summed E-state index contributed by atoms with van der Waals surface area (Å²) in [7, 11) is 0. The highest BCUT2D eigenvalue weighted by atomic mass is 35.5. The van der Waals surface area contributed by atoms with Crippen LogP contribution in [0.3, 0.4) is 0 Å². The fraction of sp³-hybridized carbons (Fsp3) is 0. The monoisotopic (exact) mass is 305 g/mol. The smallest absolute Gasteiger partial charge is 0.259 e. The molecule has 1 aliphatic rings. The Bertz CT molecular complexity index is 739. The maximum absolute atomic E-state index is 11.9. The Hall–Kier alpha value is -2.04. The minimum atomic E-state index is -0.304. The van der Waals surface area contributed by atoms with Gasteiger partial charge in [-0.05, 0) is 36.4 Å². The van der Waals surface area contributed by atoms with Gasteiger partial charge < -0.3 is 11.1 Å². The predicted molar refractivity (Wildman–Crippen MR) is 81.0 cm³/mol. The predicted octanol–water partition coefficient (Wildman–Crippen LogP) is 3.40. The van der Waals surface area contributed by atoms with Crippen molar-refractivity contribution in [3.05, 3.63) is 57.6 Å². The summed E-state index contributed by atoms with van der Waals surface area (Å²) in [4.78, 5) is 16.3. The van der Waals surface area contributed by atoms with Crippen molar-refractivity contribution in [2.45, 2.75) is 0 Å². The number of aliphatic imine (C=N–C) groups is 1. The number of nitrogens with two attached hydrogens (primary N) is 1. The van der Waals surface area contributed by atoms with Gasteiger partial charge in [-0.3, -0.25) is 4.79 Å². The first-order valence-electron chi connectivity index (χ1n) is 5.80. The van der Waals surface area contributed by atoms with Crippen LogP contribution in [-0.2, 0) is 0 Å². The van der Waals surface area contributed by atoms with Crippen molar-refractivity contribution in [3.8, 4) is 0 Å². The molecule has 0 fully saturated rings. The van der Waals surface area contributed by atoms with Gasteiger partial charge >= 0.3 is 0 Å². The molecule has 6 heteroatoms. The topological polar surface area (TPSA) is 67.5 Å². The van der Waals surface area contributed by atoms with E-state index in [-0.39, 0.29) is 5.91 Å². The van der Waals surface area contributed by atoms with E-state index in [9.17, 15) is 4.79 Å². The molecule has 1 aliphatic heterocycles. The van der Waals surface area contributed by atoms with E-state index in [1.807, 2.05) is 0 Å². The van der Waals surface area contributed by atoms with Crippen molar-refractivity contribution in [3.63, 3.8) is 0 Å². The summed E-state index contributed by atoms with van der Waals surface area (Å²) < 4.78 is 0. The lowest BCUT2D eigenvalue weighted by Gasteiger charge is -2.03. The molecule has 3 rings (SSSR count). The van der Waals surface area contributed by atoms with Gasteiger partial charge in [-0.25, -0.2) is 4.99 Å². The van der Waals surface area contributed by atoms with Crippen molar-refractivity contribution in [2.75, 3.05) is 5.73 Å². The second kappa shape index (κ2) is 4.81. The quantitative estimate of drug-likeness (QED) is 0.793. The van der Waals surface area contributed by atoms with Crippen LogP contribution < -0.4 is 11.1 Å². The zero-order valence-corrected chi connectivity index (χ0v) is 11.7. The number of nitrogens with one attached hydrogen (secondary N) is 1. The average Bonchev–Trinajstić information content (AvgIpc) is 2.75. The Kier molecular flexibility index (Phi) is 3.12. The van der Waals surface area contributed by atoms with E-state index in [1.165, 1.54) is 0 Å². The minimum Gasteiger partial charge on any atom is -0.399 e. The van der Waals surface area contributed by atoms with Gasteiger partial charge in [0.2, 0.25) is 0 Å². The van der Waals surface area contributed by atoms with E-state index in [4.69, 9.17) is 28.9 Å². The highest BCUT2D eigenvalue weighted by Gasteiger charge is 2.30. The van der Waals surface area contributed by atoms with Crippen molar-refractivity contribution in [2.24, 2.45) is 4.99 Å². The van der Waals surface area contributed by atoms with Crippen LogP contribution in [0.1, 0.15) is 15.9 Å². The molecule has 2 aromatic carbocycles. The highest BCUT2D eigenvalue weighted by molar-refractivity contribution is 6.42. The molecule has 0 aliphatic carbocycles. The molecular weight excluding hydrogens is 297 g/mol. The molecule has 0 saturated heterocycles. The molecule has 0 saturated carbocycles. The Morgan fingerprint density at radius 1 is 0.950 bits per heavy atom. The molecule has 1 amide bonds. The lowest BCUT2D eigenvalue weighted by atomic mass is 10.1. The summed E-state index contributed by atoms with van der Waals surface area (Å²) in [6.07, 6.45) is 0.